The van der Waals surface area contributed by atoms with E-state index in [-0.39, 0.29) is 0 Å². The van der Waals surface area contributed by atoms with Gasteiger partial charge in [0.25, 0.3) is 0 Å². The number of phosphoric ester groups is 1. The van der Waals surface area contributed by atoms with E-state index in [0.717, 1.165) is 6.42 Å². The van der Waals surface area contributed by atoms with Gasteiger partial charge in [-0.2, -0.15) is 0 Å². The van der Waals surface area contributed by atoms with E-state index in [4.69, 9.17) is 13.6 Å². The molecule has 0 atom stereocenters. The molecule has 0 amide bonds. The van der Waals surface area contributed by atoms with Crippen LogP contribution < -0.4 is 0 Å². The molecule has 0 aromatic heterocycles. The first-order chi connectivity index (χ1) is 5.62. The molecule has 0 saturated carbocycles. The summed E-state index contributed by atoms with van der Waals surface area (Å²) in [7, 11) is -3.17. The molecule has 72 valence electrons. The summed E-state index contributed by atoms with van der Waals surface area (Å²) in [6.07, 6.45) is 0.787. The molecule has 1 saturated heterocycles. The van der Waals surface area contributed by atoms with Gasteiger partial charge in [-0.15, -0.1) is 0 Å². The summed E-state index contributed by atoms with van der Waals surface area (Å²) in [4.78, 5) is 0. The van der Waals surface area contributed by atoms with Crippen LogP contribution in [0, 0.1) is 5.92 Å². The molecular formula is C7H15O4P. The van der Waals surface area contributed by atoms with Crippen molar-refractivity contribution in [2.45, 2.75) is 20.3 Å². The Kier molecular flexibility index (Phi) is 3.72. The molecule has 0 bridgehead atoms. The van der Waals surface area contributed by atoms with Crippen molar-refractivity contribution in [2.75, 3.05) is 19.8 Å². The van der Waals surface area contributed by atoms with Gasteiger partial charge in [0.05, 0.1) is 19.8 Å². The Morgan fingerprint density at radius 3 is 2.50 bits per heavy atom. The summed E-state index contributed by atoms with van der Waals surface area (Å²) < 4.78 is 26.4. The summed E-state index contributed by atoms with van der Waals surface area (Å²) in [6.45, 7) is 5.31. The van der Waals surface area contributed by atoms with Crippen LogP contribution in [0.5, 0.6) is 0 Å². The quantitative estimate of drug-likeness (QED) is 0.646. The smallest absolute Gasteiger partial charge is 0.287 e. The van der Waals surface area contributed by atoms with Crippen molar-refractivity contribution in [1.29, 1.82) is 0 Å². The Morgan fingerprint density at radius 1 is 1.42 bits per heavy atom. The predicted molar refractivity (Wildman–Crippen MR) is 44.9 cm³/mol. The topological polar surface area (TPSA) is 44.8 Å². The predicted octanol–water partition coefficient (Wildman–Crippen LogP) is 2.20. The third-order valence-electron chi connectivity index (χ3n) is 1.35. The van der Waals surface area contributed by atoms with Crippen molar-refractivity contribution in [3.63, 3.8) is 0 Å². The number of rotatable bonds is 3. The van der Waals surface area contributed by atoms with E-state index in [1.807, 2.05) is 13.8 Å². The van der Waals surface area contributed by atoms with Crippen molar-refractivity contribution in [3.05, 3.63) is 0 Å². The summed E-state index contributed by atoms with van der Waals surface area (Å²) in [6, 6.07) is 0. The van der Waals surface area contributed by atoms with Gasteiger partial charge in [0, 0.05) is 0 Å². The molecule has 12 heavy (non-hydrogen) atoms. The maximum absolute atomic E-state index is 11.5. The van der Waals surface area contributed by atoms with E-state index in [2.05, 4.69) is 0 Å². The highest BCUT2D eigenvalue weighted by molar-refractivity contribution is 7.48. The van der Waals surface area contributed by atoms with Crippen LogP contribution in [0.15, 0.2) is 0 Å². The summed E-state index contributed by atoms with van der Waals surface area (Å²) in [5.74, 6) is 0.338. The van der Waals surface area contributed by atoms with Crippen molar-refractivity contribution in [1.82, 2.24) is 0 Å². The van der Waals surface area contributed by atoms with Gasteiger partial charge < -0.3 is 0 Å². The molecule has 5 heteroatoms. The van der Waals surface area contributed by atoms with Crippen LogP contribution in [0.25, 0.3) is 0 Å². The number of hydrogen-bond acceptors (Lipinski definition) is 4. The summed E-state index contributed by atoms with van der Waals surface area (Å²) in [5, 5.41) is 0. The second kappa shape index (κ2) is 4.38. The van der Waals surface area contributed by atoms with Crippen LogP contribution in [0.2, 0.25) is 0 Å². The maximum atomic E-state index is 11.5. The van der Waals surface area contributed by atoms with Gasteiger partial charge in [-0.3, -0.25) is 13.6 Å². The Morgan fingerprint density at radius 2 is 2.00 bits per heavy atom. The minimum absolute atomic E-state index is 0.338. The number of hydrogen-bond donors (Lipinski definition) is 0. The van der Waals surface area contributed by atoms with Crippen molar-refractivity contribution in [2.24, 2.45) is 5.92 Å². The second-order valence-electron chi connectivity index (χ2n) is 3.16. The van der Waals surface area contributed by atoms with Gasteiger partial charge in [0.2, 0.25) is 0 Å². The van der Waals surface area contributed by atoms with E-state index in [1.165, 1.54) is 0 Å². The Balaban J connectivity index is 2.32. The zero-order valence-corrected chi connectivity index (χ0v) is 8.38. The van der Waals surface area contributed by atoms with Gasteiger partial charge in [-0.05, 0) is 12.3 Å². The zero-order valence-electron chi connectivity index (χ0n) is 7.49. The van der Waals surface area contributed by atoms with Crippen LogP contribution in [-0.4, -0.2) is 19.8 Å². The fraction of sp³-hybridized carbons (Fsp3) is 1.00. The van der Waals surface area contributed by atoms with Gasteiger partial charge in [0.1, 0.15) is 0 Å². The van der Waals surface area contributed by atoms with E-state index in [9.17, 15) is 4.57 Å². The summed E-state index contributed by atoms with van der Waals surface area (Å²) >= 11 is 0. The van der Waals surface area contributed by atoms with Crippen molar-refractivity contribution in [3.8, 4) is 0 Å². The molecule has 0 radical (unpaired) electrons. The van der Waals surface area contributed by atoms with Crippen LogP contribution in [0.3, 0.4) is 0 Å². The highest BCUT2D eigenvalue weighted by Gasteiger charge is 2.29. The fourth-order valence-corrected chi connectivity index (χ4v) is 2.17. The van der Waals surface area contributed by atoms with Crippen LogP contribution in [0.4, 0.5) is 0 Å². The first-order valence-corrected chi connectivity index (χ1v) is 5.62. The first kappa shape index (κ1) is 10.2. The Hall–Kier alpha value is 0.110. The first-order valence-electron chi connectivity index (χ1n) is 4.16. The average Bonchev–Trinajstić information content (AvgIpc) is 2.03. The molecule has 0 aromatic rings. The van der Waals surface area contributed by atoms with Crippen molar-refractivity contribution < 1.29 is 18.1 Å². The van der Waals surface area contributed by atoms with E-state index in [1.54, 1.807) is 0 Å². The van der Waals surface area contributed by atoms with Gasteiger partial charge in [-0.25, -0.2) is 4.57 Å². The van der Waals surface area contributed by atoms with Crippen LogP contribution in [0.1, 0.15) is 20.3 Å². The van der Waals surface area contributed by atoms with E-state index in [0.29, 0.717) is 25.7 Å². The lowest BCUT2D eigenvalue weighted by molar-refractivity contribution is 0.0685. The lowest BCUT2D eigenvalue weighted by atomic mass is 10.2. The molecule has 4 nitrogen and oxygen atoms in total. The Labute approximate surface area is 72.8 Å². The largest absolute Gasteiger partial charge is 0.474 e. The third-order valence-corrected chi connectivity index (χ3v) is 2.82. The minimum atomic E-state index is -3.17. The molecular weight excluding hydrogens is 179 g/mol. The van der Waals surface area contributed by atoms with E-state index >= 15 is 0 Å². The van der Waals surface area contributed by atoms with Gasteiger partial charge in [0.15, 0.2) is 0 Å². The highest BCUT2D eigenvalue weighted by atomic mass is 31.2. The van der Waals surface area contributed by atoms with Crippen LogP contribution >= 0.6 is 7.82 Å². The van der Waals surface area contributed by atoms with Gasteiger partial charge >= 0.3 is 7.82 Å². The SMILES string of the molecule is CC(C)COP1(=O)OCCCO1. The lowest BCUT2D eigenvalue weighted by Crippen LogP contribution is -2.12. The molecule has 0 spiro atoms. The average molecular weight is 194 g/mol. The Bertz CT molecular complexity index is 170. The molecule has 1 aliphatic rings. The maximum Gasteiger partial charge on any atom is 0.474 e. The van der Waals surface area contributed by atoms with Crippen LogP contribution in [-0.2, 0) is 18.1 Å². The van der Waals surface area contributed by atoms with E-state index < -0.39 is 7.82 Å². The molecule has 1 fully saturated rings. The molecule has 0 aromatic carbocycles. The minimum Gasteiger partial charge on any atom is -0.287 e. The lowest BCUT2D eigenvalue weighted by Gasteiger charge is -2.22. The normalized spacial score (nSPS) is 22.9. The molecule has 1 aliphatic heterocycles. The molecule has 0 aliphatic carbocycles. The standard InChI is InChI=1S/C7H15O4P/c1-7(2)6-11-12(8)9-4-3-5-10-12/h7H,3-6H2,1-2H3. The van der Waals surface area contributed by atoms with Gasteiger partial charge in [-0.1, -0.05) is 13.8 Å². The summed E-state index contributed by atoms with van der Waals surface area (Å²) in [5.41, 5.74) is 0. The number of phosphoric acid groups is 1. The zero-order chi connectivity index (χ0) is 9.03. The second-order valence-corrected chi connectivity index (χ2v) is 4.83. The molecule has 0 N–H and O–H groups in total. The highest BCUT2D eigenvalue weighted by Crippen LogP contribution is 2.51. The fourth-order valence-electron chi connectivity index (χ4n) is 0.764. The molecule has 1 rings (SSSR count). The van der Waals surface area contributed by atoms with Crippen molar-refractivity contribution >= 4 is 7.82 Å². The monoisotopic (exact) mass is 194 g/mol. The third kappa shape index (κ3) is 3.23. The molecule has 0 unspecified atom stereocenters. The molecule has 1 heterocycles.